The molecule has 1 heterocycles. The van der Waals surface area contributed by atoms with Gasteiger partial charge in [-0.15, -0.1) is 0 Å². The molecule has 0 spiro atoms. The van der Waals surface area contributed by atoms with Crippen molar-refractivity contribution in [3.05, 3.63) is 46.8 Å². The number of carbonyl (C=O) groups is 1. The summed E-state index contributed by atoms with van der Waals surface area (Å²) in [7, 11) is 0. The number of unbranched alkanes of at least 4 members (excludes halogenated alkanes) is 1. The van der Waals surface area contributed by atoms with E-state index in [4.69, 9.17) is 0 Å². The highest BCUT2D eigenvalue weighted by molar-refractivity contribution is 7.99. The molecule has 122 valence electrons. The largest absolute Gasteiger partial charge is 0.326 e. The van der Waals surface area contributed by atoms with Gasteiger partial charge in [0.05, 0.1) is 5.69 Å². The monoisotopic (exact) mass is 331 g/mol. The van der Waals surface area contributed by atoms with Gasteiger partial charge in [0.2, 0.25) is 5.91 Å². The van der Waals surface area contributed by atoms with Gasteiger partial charge in [0.25, 0.3) is 5.56 Å². The second-order valence-electron chi connectivity index (χ2n) is 5.15. The summed E-state index contributed by atoms with van der Waals surface area (Å²) >= 11 is 1.81. The van der Waals surface area contributed by atoms with Crippen LogP contribution in [0.2, 0.25) is 0 Å². The summed E-state index contributed by atoms with van der Waals surface area (Å²) in [4.78, 5) is 23.0. The number of nitrogens with one attached hydrogen (secondary N) is 2. The lowest BCUT2D eigenvalue weighted by molar-refractivity contribution is -0.115. The molecule has 0 unspecified atom stereocenters. The van der Waals surface area contributed by atoms with Gasteiger partial charge < -0.3 is 5.32 Å². The number of carbonyl (C=O) groups excluding carboxylic acids is 1. The zero-order valence-corrected chi connectivity index (χ0v) is 14.0. The van der Waals surface area contributed by atoms with E-state index in [0.717, 1.165) is 22.8 Å². The summed E-state index contributed by atoms with van der Waals surface area (Å²) in [5.74, 6) is 1.96. The number of rotatable bonds is 8. The van der Waals surface area contributed by atoms with E-state index in [1.54, 1.807) is 6.07 Å². The van der Waals surface area contributed by atoms with Crippen LogP contribution in [0.1, 0.15) is 26.2 Å². The standard InChI is InChI=1S/C17H21N3O2S/c1-2-3-10-23-11-9-16(21)18-14-6-4-5-13(12-14)15-7-8-17(22)20-19-15/h4-8,12H,2-3,9-11H2,1H3,(H,18,21)(H,20,22). The number of nitrogens with zero attached hydrogens (tertiary/aromatic N) is 1. The van der Waals surface area contributed by atoms with Gasteiger partial charge in [0, 0.05) is 29.5 Å². The van der Waals surface area contributed by atoms with Crippen molar-refractivity contribution >= 4 is 23.4 Å². The first kappa shape index (κ1) is 17.3. The first-order chi connectivity index (χ1) is 11.2. The first-order valence-corrected chi connectivity index (χ1v) is 8.88. The van der Waals surface area contributed by atoms with Gasteiger partial charge in [-0.25, -0.2) is 5.10 Å². The summed E-state index contributed by atoms with van der Waals surface area (Å²) in [6, 6.07) is 10.5. The van der Waals surface area contributed by atoms with Gasteiger partial charge in [-0.1, -0.05) is 25.5 Å². The molecule has 0 bridgehead atoms. The smallest absolute Gasteiger partial charge is 0.264 e. The summed E-state index contributed by atoms with van der Waals surface area (Å²) < 4.78 is 0. The highest BCUT2D eigenvalue weighted by atomic mass is 32.2. The molecule has 1 amide bonds. The number of thioether (sulfide) groups is 1. The minimum absolute atomic E-state index is 0.0144. The number of H-pyrrole nitrogens is 1. The van der Waals surface area contributed by atoms with Gasteiger partial charge in [-0.3, -0.25) is 9.59 Å². The average molecular weight is 331 g/mol. The lowest BCUT2D eigenvalue weighted by Crippen LogP contribution is -2.12. The van der Waals surface area contributed by atoms with Gasteiger partial charge in [-0.2, -0.15) is 16.9 Å². The zero-order valence-electron chi connectivity index (χ0n) is 13.2. The Morgan fingerprint density at radius 1 is 1.26 bits per heavy atom. The molecule has 6 heteroatoms. The third kappa shape index (κ3) is 5.90. The van der Waals surface area contributed by atoms with Crippen LogP contribution < -0.4 is 10.9 Å². The van der Waals surface area contributed by atoms with Crippen molar-refractivity contribution < 1.29 is 4.79 Å². The van der Waals surface area contributed by atoms with Gasteiger partial charge >= 0.3 is 0 Å². The number of aromatic amines is 1. The predicted molar refractivity (Wildman–Crippen MR) is 95.8 cm³/mol. The fraction of sp³-hybridized carbons (Fsp3) is 0.353. The molecule has 0 fully saturated rings. The second-order valence-corrected chi connectivity index (χ2v) is 6.38. The lowest BCUT2D eigenvalue weighted by Gasteiger charge is -2.07. The Bertz CT molecular complexity index is 680. The Labute approximate surface area is 139 Å². The summed E-state index contributed by atoms with van der Waals surface area (Å²) in [6.45, 7) is 2.16. The van der Waals surface area contributed by atoms with E-state index in [1.165, 1.54) is 18.9 Å². The van der Waals surface area contributed by atoms with Crippen LogP contribution in [0.15, 0.2) is 41.2 Å². The van der Waals surface area contributed by atoms with Crippen LogP contribution >= 0.6 is 11.8 Å². The lowest BCUT2D eigenvalue weighted by atomic mass is 10.1. The summed E-state index contributed by atoms with van der Waals surface area (Å²) in [5.41, 5.74) is 2.00. The van der Waals surface area contributed by atoms with Gasteiger partial charge in [0.1, 0.15) is 0 Å². The Morgan fingerprint density at radius 2 is 2.13 bits per heavy atom. The molecule has 0 radical (unpaired) electrons. The fourth-order valence-corrected chi connectivity index (χ4v) is 3.03. The molecule has 2 rings (SSSR count). The average Bonchev–Trinajstić information content (AvgIpc) is 2.55. The molecule has 0 atom stereocenters. The van der Waals surface area contributed by atoms with Crippen LogP contribution in [0, 0.1) is 0 Å². The quantitative estimate of drug-likeness (QED) is 0.728. The molecular weight excluding hydrogens is 310 g/mol. The van der Waals surface area contributed by atoms with Crippen LogP contribution in [0.5, 0.6) is 0 Å². The molecule has 23 heavy (non-hydrogen) atoms. The summed E-state index contributed by atoms with van der Waals surface area (Å²) in [6.07, 6.45) is 2.89. The number of amides is 1. The normalized spacial score (nSPS) is 10.5. The predicted octanol–water partition coefficient (Wildman–Crippen LogP) is 3.30. The first-order valence-electron chi connectivity index (χ1n) is 7.73. The van der Waals surface area contributed by atoms with E-state index in [-0.39, 0.29) is 11.5 Å². The number of hydrogen-bond acceptors (Lipinski definition) is 4. The molecule has 5 nitrogen and oxygen atoms in total. The minimum atomic E-state index is -0.237. The Balaban J connectivity index is 1.91. The van der Waals surface area contributed by atoms with Crippen molar-refractivity contribution in [1.82, 2.24) is 10.2 Å². The van der Waals surface area contributed by atoms with E-state index >= 15 is 0 Å². The van der Waals surface area contributed by atoms with Crippen molar-refractivity contribution in [3.63, 3.8) is 0 Å². The maximum Gasteiger partial charge on any atom is 0.264 e. The SMILES string of the molecule is CCCCSCCC(=O)Nc1cccc(-c2ccc(=O)[nH]n2)c1. The van der Waals surface area contributed by atoms with Gasteiger partial charge in [0.15, 0.2) is 0 Å². The Morgan fingerprint density at radius 3 is 2.87 bits per heavy atom. The Hall–Kier alpha value is -2.08. The molecule has 1 aromatic heterocycles. The highest BCUT2D eigenvalue weighted by Crippen LogP contribution is 2.20. The van der Waals surface area contributed by atoms with Crippen LogP contribution in [0.25, 0.3) is 11.3 Å². The molecule has 0 saturated carbocycles. The van der Waals surface area contributed by atoms with Crippen LogP contribution in [-0.4, -0.2) is 27.6 Å². The minimum Gasteiger partial charge on any atom is -0.326 e. The van der Waals surface area contributed by atoms with E-state index < -0.39 is 0 Å². The second kappa shape index (κ2) is 9.15. The van der Waals surface area contributed by atoms with E-state index in [0.29, 0.717) is 12.1 Å². The summed E-state index contributed by atoms with van der Waals surface area (Å²) in [5, 5.41) is 9.30. The van der Waals surface area contributed by atoms with E-state index in [1.807, 2.05) is 36.0 Å². The van der Waals surface area contributed by atoms with Crippen molar-refractivity contribution in [2.24, 2.45) is 0 Å². The topological polar surface area (TPSA) is 74.8 Å². The number of anilines is 1. The van der Waals surface area contributed by atoms with Crippen molar-refractivity contribution in [2.45, 2.75) is 26.2 Å². The number of hydrogen-bond donors (Lipinski definition) is 2. The third-order valence-electron chi connectivity index (χ3n) is 3.24. The fourth-order valence-electron chi connectivity index (χ4n) is 2.00. The molecule has 0 aliphatic carbocycles. The van der Waals surface area contributed by atoms with Crippen LogP contribution in [-0.2, 0) is 4.79 Å². The van der Waals surface area contributed by atoms with Crippen LogP contribution in [0.4, 0.5) is 5.69 Å². The van der Waals surface area contributed by atoms with E-state index in [2.05, 4.69) is 22.4 Å². The molecule has 0 saturated heterocycles. The molecule has 1 aromatic carbocycles. The highest BCUT2D eigenvalue weighted by Gasteiger charge is 2.05. The van der Waals surface area contributed by atoms with Crippen molar-refractivity contribution in [1.29, 1.82) is 0 Å². The number of aromatic nitrogens is 2. The third-order valence-corrected chi connectivity index (χ3v) is 4.31. The zero-order chi connectivity index (χ0) is 16.5. The van der Waals surface area contributed by atoms with E-state index in [9.17, 15) is 9.59 Å². The molecule has 2 N–H and O–H groups in total. The Kier molecular flexibility index (Phi) is 6.87. The maximum atomic E-state index is 12.0. The van der Waals surface area contributed by atoms with Crippen LogP contribution in [0.3, 0.4) is 0 Å². The van der Waals surface area contributed by atoms with Crippen molar-refractivity contribution in [2.75, 3.05) is 16.8 Å². The van der Waals surface area contributed by atoms with Crippen molar-refractivity contribution in [3.8, 4) is 11.3 Å². The molecule has 2 aromatic rings. The van der Waals surface area contributed by atoms with Gasteiger partial charge in [-0.05, 0) is 30.4 Å². The maximum absolute atomic E-state index is 12.0. The molecule has 0 aliphatic rings. The molecular formula is C17H21N3O2S. The molecule has 0 aliphatic heterocycles. The number of benzene rings is 1.